The number of hydrogen-bond donors (Lipinski definition) is 1. The molecule has 3 rings (SSSR count). The zero-order valence-electron chi connectivity index (χ0n) is 16.5. The van der Waals surface area contributed by atoms with Crippen molar-refractivity contribution in [2.45, 2.75) is 32.7 Å². The molecule has 1 fully saturated rings. The van der Waals surface area contributed by atoms with Crippen molar-refractivity contribution in [2.75, 3.05) is 13.2 Å². The number of halogens is 1. The van der Waals surface area contributed by atoms with Gasteiger partial charge in [-0.1, -0.05) is 38.1 Å². The Bertz CT molecular complexity index is 936. The monoisotopic (exact) mass is 397 g/mol. The lowest BCUT2D eigenvalue weighted by molar-refractivity contribution is -0.139. The maximum Gasteiger partial charge on any atom is 0.295 e. The van der Waals surface area contributed by atoms with Crippen molar-refractivity contribution in [3.8, 4) is 5.75 Å². The highest BCUT2D eigenvalue weighted by Gasteiger charge is 2.45. The van der Waals surface area contributed by atoms with E-state index in [9.17, 15) is 19.1 Å². The Hall–Kier alpha value is -3.15. The van der Waals surface area contributed by atoms with E-state index in [1.54, 1.807) is 24.3 Å². The zero-order chi connectivity index (χ0) is 21.0. The molecule has 1 aliphatic heterocycles. The molecule has 0 aliphatic carbocycles. The lowest BCUT2D eigenvalue weighted by Crippen LogP contribution is -2.30. The van der Waals surface area contributed by atoms with Gasteiger partial charge in [0.25, 0.3) is 11.7 Å². The molecule has 1 atom stereocenters. The fourth-order valence-electron chi connectivity index (χ4n) is 3.45. The Morgan fingerprint density at radius 3 is 2.48 bits per heavy atom. The van der Waals surface area contributed by atoms with Crippen LogP contribution in [-0.2, 0) is 9.59 Å². The molecule has 0 spiro atoms. The Labute approximate surface area is 169 Å². The quantitative estimate of drug-likeness (QED) is 0.426. The van der Waals surface area contributed by atoms with Crippen LogP contribution < -0.4 is 4.74 Å². The van der Waals surface area contributed by atoms with E-state index < -0.39 is 23.5 Å². The van der Waals surface area contributed by atoms with Crippen LogP contribution in [0.3, 0.4) is 0 Å². The summed E-state index contributed by atoms with van der Waals surface area (Å²) in [4.78, 5) is 26.9. The van der Waals surface area contributed by atoms with E-state index in [1.165, 1.54) is 29.2 Å². The average molecular weight is 397 g/mol. The van der Waals surface area contributed by atoms with Crippen LogP contribution in [0.5, 0.6) is 5.75 Å². The number of carbonyl (C=O) groups excluding carboxylic acids is 2. The van der Waals surface area contributed by atoms with Gasteiger partial charge in [-0.05, 0) is 42.7 Å². The summed E-state index contributed by atoms with van der Waals surface area (Å²) in [5.41, 5.74) is 0.960. The number of aliphatic hydroxyl groups excluding tert-OH is 1. The second kappa shape index (κ2) is 8.90. The van der Waals surface area contributed by atoms with Gasteiger partial charge in [0.05, 0.1) is 18.2 Å². The minimum Gasteiger partial charge on any atom is -0.507 e. The smallest absolute Gasteiger partial charge is 0.295 e. The molecule has 6 heteroatoms. The lowest BCUT2D eigenvalue weighted by Gasteiger charge is -2.24. The number of benzene rings is 2. The van der Waals surface area contributed by atoms with Crippen molar-refractivity contribution in [1.29, 1.82) is 0 Å². The summed E-state index contributed by atoms with van der Waals surface area (Å²) in [5, 5.41) is 11.0. The summed E-state index contributed by atoms with van der Waals surface area (Å²) < 4.78 is 19.0. The fraction of sp³-hybridized carbons (Fsp3) is 0.304. The number of rotatable bonds is 7. The number of carbonyl (C=O) groups is 2. The molecule has 0 saturated carbocycles. The number of likely N-dealkylation sites (tertiary alicyclic amines) is 1. The normalized spacial score (nSPS) is 18.3. The third kappa shape index (κ3) is 4.16. The number of nitrogens with zero attached hydrogens (tertiary/aromatic N) is 1. The van der Waals surface area contributed by atoms with Gasteiger partial charge in [-0.25, -0.2) is 4.39 Å². The molecule has 2 aromatic carbocycles. The summed E-state index contributed by atoms with van der Waals surface area (Å²) in [7, 11) is 0. The number of ether oxygens (including phenoxy) is 1. The molecule has 1 amide bonds. The SMILES string of the molecule is CCCOc1cccc(/C(O)=C2/C(=O)C(=O)N(CCC)C2c2ccc(F)cc2)c1. The topological polar surface area (TPSA) is 66.8 Å². The van der Waals surface area contributed by atoms with Crippen LogP contribution in [0.15, 0.2) is 54.1 Å². The van der Waals surface area contributed by atoms with Crippen LogP contribution in [0.2, 0.25) is 0 Å². The molecule has 1 saturated heterocycles. The van der Waals surface area contributed by atoms with Gasteiger partial charge in [0.2, 0.25) is 0 Å². The first kappa shape index (κ1) is 20.6. The molecule has 5 nitrogen and oxygen atoms in total. The average Bonchev–Trinajstić information content (AvgIpc) is 2.98. The molecule has 0 radical (unpaired) electrons. The number of amides is 1. The number of ketones is 1. The molecule has 29 heavy (non-hydrogen) atoms. The zero-order valence-corrected chi connectivity index (χ0v) is 16.5. The van der Waals surface area contributed by atoms with E-state index in [2.05, 4.69) is 0 Å². The Kier molecular flexibility index (Phi) is 6.32. The van der Waals surface area contributed by atoms with E-state index in [4.69, 9.17) is 4.74 Å². The van der Waals surface area contributed by atoms with Crippen molar-refractivity contribution in [3.05, 3.63) is 71.0 Å². The van der Waals surface area contributed by atoms with Crippen LogP contribution in [0, 0.1) is 5.82 Å². The number of Topliss-reactive ketones (excluding diaryl/α,β-unsaturated/α-hetero) is 1. The van der Waals surface area contributed by atoms with Crippen LogP contribution in [-0.4, -0.2) is 34.8 Å². The molecule has 1 heterocycles. The summed E-state index contributed by atoms with van der Waals surface area (Å²) >= 11 is 0. The molecular formula is C23H24FNO4. The van der Waals surface area contributed by atoms with Crippen molar-refractivity contribution >= 4 is 17.4 Å². The highest BCUT2D eigenvalue weighted by Crippen LogP contribution is 2.39. The Morgan fingerprint density at radius 1 is 1.10 bits per heavy atom. The van der Waals surface area contributed by atoms with Crippen LogP contribution in [0.4, 0.5) is 4.39 Å². The minimum absolute atomic E-state index is 0.00250. The summed E-state index contributed by atoms with van der Waals surface area (Å²) in [6, 6.07) is 11.6. The van der Waals surface area contributed by atoms with Gasteiger partial charge in [-0.3, -0.25) is 9.59 Å². The van der Waals surface area contributed by atoms with Crippen molar-refractivity contribution in [3.63, 3.8) is 0 Å². The van der Waals surface area contributed by atoms with Gasteiger partial charge >= 0.3 is 0 Å². The van der Waals surface area contributed by atoms with E-state index in [0.717, 1.165) is 6.42 Å². The standard InChI is InChI=1S/C23H24FNO4/c1-3-12-25-20(15-8-10-17(24)11-9-15)19(22(27)23(25)28)21(26)16-6-5-7-18(14-16)29-13-4-2/h5-11,14,20,26H,3-4,12-13H2,1-2H3/b21-19-. The molecule has 2 aromatic rings. The van der Waals surface area contributed by atoms with E-state index in [-0.39, 0.29) is 11.3 Å². The molecule has 0 bridgehead atoms. The van der Waals surface area contributed by atoms with Crippen LogP contribution in [0.25, 0.3) is 5.76 Å². The lowest BCUT2D eigenvalue weighted by atomic mass is 9.95. The fourth-order valence-corrected chi connectivity index (χ4v) is 3.45. The number of aliphatic hydroxyl groups is 1. The number of hydrogen-bond acceptors (Lipinski definition) is 4. The summed E-state index contributed by atoms with van der Waals surface area (Å²) in [6.45, 7) is 4.76. The van der Waals surface area contributed by atoms with E-state index >= 15 is 0 Å². The first-order chi connectivity index (χ1) is 14.0. The van der Waals surface area contributed by atoms with Crippen LogP contribution in [0.1, 0.15) is 43.9 Å². The summed E-state index contributed by atoms with van der Waals surface area (Å²) in [6.07, 6.45) is 1.48. The maximum atomic E-state index is 13.4. The van der Waals surface area contributed by atoms with Crippen molar-refractivity contribution < 1.29 is 23.8 Å². The first-order valence-corrected chi connectivity index (χ1v) is 9.75. The Balaban J connectivity index is 2.11. The van der Waals surface area contributed by atoms with Gasteiger partial charge in [0.1, 0.15) is 17.3 Å². The predicted octanol–water partition coefficient (Wildman–Crippen LogP) is 4.45. The molecule has 1 unspecified atom stereocenters. The predicted molar refractivity (Wildman–Crippen MR) is 108 cm³/mol. The minimum atomic E-state index is -0.768. The molecular weight excluding hydrogens is 373 g/mol. The maximum absolute atomic E-state index is 13.4. The third-order valence-electron chi connectivity index (χ3n) is 4.77. The highest BCUT2D eigenvalue weighted by atomic mass is 19.1. The first-order valence-electron chi connectivity index (χ1n) is 9.75. The molecule has 0 aromatic heterocycles. The van der Waals surface area contributed by atoms with Gasteiger partial charge < -0.3 is 14.7 Å². The van der Waals surface area contributed by atoms with Crippen LogP contribution >= 0.6 is 0 Å². The summed E-state index contributed by atoms with van der Waals surface area (Å²) in [5.74, 6) is -1.52. The van der Waals surface area contributed by atoms with Gasteiger partial charge in [0, 0.05) is 12.1 Å². The molecule has 152 valence electrons. The third-order valence-corrected chi connectivity index (χ3v) is 4.77. The van der Waals surface area contributed by atoms with E-state index in [1.807, 2.05) is 13.8 Å². The Morgan fingerprint density at radius 2 is 1.83 bits per heavy atom. The highest BCUT2D eigenvalue weighted by molar-refractivity contribution is 6.46. The van der Waals surface area contributed by atoms with E-state index in [0.29, 0.717) is 36.4 Å². The second-order valence-electron chi connectivity index (χ2n) is 6.92. The van der Waals surface area contributed by atoms with Gasteiger partial charge in [-0.2, -0.15) is 0 Å². The van der Waals surface area contributed by atoms with Crippen molar-refractivity contribution in [2.24, 2.45) is 0 Å². The second-order valence-corrected chi connectivity index (χ2v) is 6.92. The van der Waals surface area contributed by atoms with Crippen molar-refractivity contribution in [1.82, 2.24) is 4.90 Å². The van der Waals surface area contributed by atoms with Gasteiger partial charge in [-0.15, -0.1) is 0 Å². The molecule has 1 aliphatic rings. The largest absolute Gasteiger partial charge is 0.507 e. The molecule has 1 N–H and O–H groups in total. The van der Waals surface area contributed by atoms with Gasteiger partial charge in [0.15, 0.2) is 0 Å².